The number of rotatable bonds is 5. The molecule has 0 aliphatic carbocycles. The number of nitrogens with one attached hydrogen (secondary N) is 1. The van der Waals surface area contributed by atoms with Crippen molar-refractivity contribution in [1.82, 2.24) is 25.0 Å². The Labute approximate surface area is 151 Å². The number of thioether (sulfide) groups is 1. The highest BCUT2D eigenvalue weighted by molar-refractivity contribution is 7.99. The lowest BCUT2D eigenvalue weighted by Crippen LogP contribution is -2.14. The van der Waals surface area contributed by atoms with Crippen LogP contribution in [0.1, 0.15) is 5.01 Å². The lowest BCUT2D eigenvalue weighted by molar-refractivity contribution is -0.113. The highest BCUT2D eigenvalue weighted by Gasteiger charge is 2.13. The van der Waals surface area contributed by atoms with Crippen LogP contribution in [-0.4, -0.2) is 36.6 Å². The fraction of sp³-hybridized carbons (Fsp3) is 0.214. The average Bonchev–Trinajstić information content (AvgIpc) is 3.12. The Morgan fingerprint density at radius 1 is 1.25 bits per heavy atom. The molecule has 0 aliphatic heterocycles. The summed E-state index contributed by atoms with van der Waals surface area (Å²) in [6, 6.07) is 7.36. The van der Waals surface area contributed by atoms with Crippen LogP contribution >= 0.6 is 34.7 Å². The molecule has 10 heteroatoms. The lowest BCUT2D eigenvalue weighted by Gasteiger charge is -2.04. The van der Waals surface area contributed by atoms with Crippen molar-refractivity contribution in [2.24, 2.45) is 7.05 Å². The third-order valence-electron chi connectivity index (χ3n) is 3.04. The smallest absolute Gasteiger partial charge is 0.236 e. The quantitative estimate of drug-likeness (QED) is 0.685. The van der Waals surface area contributed by atoms with Gasteiger partial charge in [0.1, 0.15) is 5.01 Å². The van der Waals surface area contributed by atoms with Crippen LogP contribution in [0.15, 0.2) is 29.4 Å². The second-order valence-corrected chi connectivity index (χ2v) is 7.40. The molecule has 24 heavy (non-hydrogen) atoms. The number of carbonyl (C=O) groups excluding carboxylic acids is 1. The van der Waals surface area contributed by atoms with E-state index in [9.17, 15) is 4.79 Å². The summed E-state index contributed by atoms with van der Waals surface area (Å²) in [4.78, 5) is 12.0. The van der Waals surface area contributed by atoms with E-state index in [-0.39, 0.29) is 11.7 Å². The van der Waals surface area contributed by atoms with Crippen molar-refractivity contribution in [2.45, 2.75) is 12.1 Å². The van der Waals surface area contributed by atoms with Gasteiger partial charge in [-0.2, -0.15) is 0 Å². The third kappa shape index (κ3) is 3.92. The second kappa shape index (κ2) is 7.29. The molecule has 2 aromatic heterocycles. The summed E-state index contributed by atoms with van der Waals surface area (Å²) in [7, 11) is 1.86. The van der Waals surface area contributed by atoms with Gasteiger partial charge in [-0.25, -0.2) is 0 Å². The molecule has 0 saturated heterocycles. The Balaban J connectivity index is 1.63. The molecule has 0 saturated carbocycles. The van der Waals surface area contributed by atoms with E-state index in [1.54, 1.807) is 12.1 Å². The molecule has 0 unspecified atom stereocenters. The zero-order valence-corrected chi connectivity index (χ0v) is 15.2. The number of benzene rings is 1. The first-order chi connectivity index (χ1) is 11.5. The van der Waals surface area contributed by atoms with Gasteiger partial charge in [0, 0.05) is 17.6 Å². The van der Waals surface area contributed by atoms with E-state index in [1.165, 1.54) is 23.1 Å². The van der Waals surface area contributed by atoms with Crippen molar-refractivity contribution < 1.29 is 4.79 Å². The minimum absolute atomic E-state index is 0.160. The molecule has 0 atom stereocenters. The van der Waals surface area contributed by atoms with Crippen molar-refractivity contribution in [2.75, 3.05) is 11.1 Å². The number of anilines is 1. The third-order valence-corrected chi connectivity index (χ3v) is 5.07. The fourth-order valence-corrected chi connectivity index (χ4v) is 3.37. The Morgan fingerprint density at radius 2 is 2.00 bits per heavy atom. The van der Waals surface area contributed by atoms with Crippen LogP contribution in [0.25, 0.3) is 11.4 Å². The minimum atomic E-state index is -0.160. The summed E-state index contributed by atoms with van der Waals surface area (Å²) in [6.45, 7) is 1.83. The summed E-state index contributed by atoms with van der Waals surface area (Å²) in [5.74, 6) is 0.770. The van der Waals surface area contributed by atoms with E-state index in [1.807, 2.05) is 30.7 Å². The van der Waals surface area contributed by atoms with Gasteiger partial charge in [0.2, 0.25) is 11.0 Å². The molecule has 0 spiro atoms. The topological polar surface area (TPSA) is 85.6 Å². The molecule has 0 fully saturated rings. The maximum absolute atomic E-state index is 12.0. The monoisotopic (exact) mass is 380 g/mol. The summed E-state index contributed by atoms with van der Waals surface area (Å²) >= 11 is 8.54. The molecule has 1 aromatic carbocycles. The number of halogens is 1. The van der Waals surface area contributed by atoms with Crippen LogP contribution in [-0.2, 0) is 11.8 Å². The standard InChI is InChI=1S/C14H13ClN6OS2/c1-8-17-19-13(24-8)16-11(22)7-23-14-20-18-12(21(14)2)9-3-5-10(15)6-4-9/h3-6H,7H2,1-2H3,(H,16,19,22). The molecular formula is C14H13ClN6OS2. The highest BCUT2D eigenvalue weighted by Crippen LogP contribution is 2.24. The molecule has 0 aliphatic rings. The molecule has 7 nitrogen and oxygen atoms in total. The van der Waals surface area contributed by atoms with E-state index in [4.69, 9.17) is 11.6 Å². The molecule has 2 heterocycles. The number of carbonyl (C=O) groups is 1. The number of aromatic nitrogens is 5. The first kappa shape index (κ1) is 16.9. The maximum atomic E-state index is 12.0. The molecule has 124 valence electrons. The summed E-state index contributed by atoms with van der Waals surface area (Å²) in [5.41, 5.74) is 0.912. The number of amides is 1. The van der Waals surface area contributed by atoms with Crippen molar-refractivity contribution in [3.8, 4) is 11.4 Å². The largest absolute Gasteiger partial charge is 0.305 e. The van der Waals surface area contributed by atoms with Gasteiger partial charge in [-0.3, -0.25) is 10.1 Å². The van der Waals surface area contributed by atoms with E-state index in [2.05, 4.69) is 25.7 Å². The summed E-state index contributed by atoms with van der Waals surface area (Å²) in [5, 5.41) is 21.4. The van der Waals surface area contributed by atoms with E-state index < -0.39 is 0 Å². The van der Waals surface area contributed by atoms with Gasteiger partial charge in [0.05, 0.1) is 5.75 Å². The lowest BCUT2D eigenvalue weighted by atomic mass is 10.2. The van der Waals surface area contributed by atoms with Crippen molar-refractivity contribution >= 4 is 45.7 Å². The molecule has 1 amide bonds. The Morgan fingerprint density at radius 3 is 2.67 bits per heavy atom. The normalized spacial score (nSPS) is 10.8. The highest BCUT2D eigenvalue weighted by atomic mass is 35.5. The van der Waals surface area contributed by atoms with Gasteiger partial charge in [-0.1, -0.05) is 34.7 Å². The number of hydrogen-bond donors (Lipinski definition) is 1. The SMILES string of the molecule is Cc1nnc(NC(=O)CSc2nnc(-c3ccc(Cl)cc3)n2C)s1. The predicted octanol–water partition coefficient (Wildman–Crippen LogP) is 3.03. The molecule has 1 N–H and O–H groups in total. The van der Waals surface area contributed by atoms with Gasteiger partial charge in [0.25, 0.3) is 0 Å². The predicted molar refractivity (Wildman–Crippen MR) is 95.4 cm³/mol. The van der Waals surface area contributed by atoms with Crippen LogP contribution < -0.4 is 5.32 Å². The second-order valence-electron chi connectivity index (χ2n) is 4.84. The molecule has 0 radical (unpaired) electrons. The minimum Gasteiger partial charge on any atom is -0.305 e. The van der Waals surface area contributed by atoms with Crippen LogP contribution in [0.4, 0.5) is 5.13 Å². The summed E-state index contributed by atoms with van der Waals surface area (Å²) < 4.78 is 1.84. The van der Waals surface area contributed by atoms with Gasteiger partial charge >= 0.3 is 0 Å². The average molecular weight is 381 g/mol. The van der Waals surface area contributed by atoms with Gasteiger partial charge in [-0.15, -0.1) is 20.4 Å². The first-order valence-electron chi connectivity index (χ1n) is 6.91. The Bertz CT molecular complexity index is 861. The van der Waals surface area contributed by atoms with E-state index in [0.29, 0.717) is 21.1 Å². The zero-order chi connectivity index (χ0) is 17.1. The van der Waals surface area contributed by atoms with Crippen LogP contribution in [0, 0.1) is 6.92 Å². The first-order valence-corrected chi connectivity index (χ1v) is 9.09. The van der Waals surface area contributed by atoms with Crippen molar-refractivity contribution in [1.29, 1.82) is 0 Å². The Kier molecular flexibility index (Phi) is 5.12. The van der Waals surface area contributed by atoms with Crippen molar-refractivity contribution in [3.63, 3.8) is 0 Å². The van der Waals surface area contributed by atoms with Gasteiger partial charge in [0.15, 0.2) is 11.0 Å². The van der Waals surface area contributed by atoms with Crippen molar-refractivity contribution in [3.05, 3.63) is 34.3 Å². The van der Waals surface area contributed by atoms with Crippen LogP contribution in [0.5, 0.6) is 0 Å². The van der Waals surface area contributed by atoms with Gasteiger partial charge < -0.3 is 4.57 Å². The van der Waals surface area contributed by atoms with Crippen LogP contribution in [0.3, 0.4) is 0 Å². The molecule has 3 aromatic rings. The van der Waals surface area contributed by atoms with E-state index in [0.717, 1.165) is 10.6 Å². The Hall–Kier alpha value is -1.97. The molecule has 0 bridgehead atoms. The summed E-state index contributed by atoms with van der Waals surface area (Å²) in [6.07, 6.45) is 0. The molecule has 3 rings (SSSR count). The zero-order valence-electron chi connectivity index (χ0n) is 12.9. The molecular weight excluding hydrogens is 368 g/mol. The number of nitrogens with zero attached hydrogens (tertiary/aromatic N) is 5. The van der Waals surface area contributed by atoms with E-state index >= 15 is 0 Å². The van der Waals surface area contributed by atoms with Gasteiger partial charge in [-0.05, 0) is 31.2 Å². The number of hydrogen-bond acceptors (Lipinski definition) is 7. The fourth-order valence-electron chi connectivity index (χ4n) is 1.92. The van der Waals surface area contributed by atoms with Crippen LogP contribution in [0.2, 0.25) is 5.02 Å². The maximum Gasteiger partial charge on any atom is 0.236 e. The number of aryl methyl sites for hydroxylation is 1.